The SMILES string of the molecule is CCc1cc(NC(=O)c2cc(N)ccc2N(C)C)n[nH]1. The number of aromatic amines is 1. The van der Waals surface area contributed by atoms with Crippen molar-refractivity contribution in [2.45, 2.75) is 13.3 Å². The normalized spacial score (nSPS) is 10.3. The average molecular weight is 273 g/mol. The Balaban J connectivity index is 2.26. The number of aromatic nitrogens is 2. The van der Waals surface area contributed by atoms with E-state index in [-0.39, 0.29) is 5.91 Å². The molecule has 0 radical (unpaired) electrons. The van der Waals surface area contributed by atoms with Crippen LogP contribution in [0.2, 0.25) is 0 Å². The Kier molecular flexibility index (Phi) is 3.93. The third kappa shape index (κ3) is 2.90. The minimum Gasteiger partial charge on any atom is -0.399 e. The summed E-state index contributed by atoms with van der Waals surface area (Å²) in [5, 5.41) is 9.68. The first-order valence-electron chi connectivity index (χ1n) is 6.43. The van der Waals surface area contributed by atoms with Gasteiger partial charge in [-0.3, -0.25) is 9.89 Å². The molecule has 1 aromatic carbocycles. The Morgan fingerprint density at radius 3 is 2.75 bits per heavy atom. The van der Waals surface area contributed by atoms with E-state index in [4.69, 9.17) is 5.73 Å². The van der Waals surface area contributed by atoms with Gasteiger partial charge in [-0.25, -0.2) is 0 Å². The van der Waals surface area contributed by atoms with Crippen molar-refractivity contribution < 1.29 is 4.79 Å². The van der Waals surface area contributed by atoms with Crippen LogP contribution in [0, 0.1) is 0 Å². The highest BCUT2D eigenvalue weighted by Gasteiger charge is 2.14. The highest BCUT2D eigenvalue weighted by atomic mass is 16.1. The summed E-state index contributed by atoms with van der Waals surface area (Å²) in [6, 6.07) is 7.08. The maximum absolute atomic E-state index is 12.3. The van der Waals surface area contributed by atoms with E-state index in [1.54, 1.807) is 12.1 Å². The van der Waals surface area contributed by atoms with Crippen LogP contribution in [0.3, 0.4) is 0 Å². The minimum absolute atomic E-state index is 0.227. The summed E-state index contributed by atoms with van der Waals surface area (Å²) in [4.78, 5) is 14.2. The lowest BCUT2D eigenvalue weighted by Gasteiger charge is -2.17. The Morgan fingerprint density at radius 1 is 1.40 bits per heavy atom. The van der Waals surface area contributed by atoms with Gasteiger partial charge in [0.15, 0.2) is 5.82 Å². The monoisotopic (exact) mass is 273 g/mol. The molecule has 6 nitrogen and oxygen atoms in total. The van der Waals surface area contributed by atoms with Crippen molar-refractivity contribution in [3.63, 3.8) is 0 Å². The fourth-order valence-corrected chi connectivity index (χ4v) is 1.92. The molecular formula is C14H19N5O. The van der Waals surface area contributed by atoms with Crippen LogP contribution in [0.15, 0.2) is 24.3 Å². The molecule has 1 heterocycles. The van der Waals surface area contributed by atoms with Gasteiger partial charge >= 0.3 is 0 Å². The first-order chi connectivity index (χ1) is 9.51. The van der Waals surface area contributed by atoms with E-state index < -0.39 is 0 Å². The molecule has 1 aromatic heterocycles. The van der Waals surface area contributed by atoms with Gasteiger partial charge in [0.25, 0.3) is 5.91 Å². The Hall–Kier alpha value is -2.50. The third-order valence-electron chi connectivity index (χ3n) is 3.00. The molecule has 0 spiro atoms. The minimum atomic E-state index is -0.227. The van der Waals surface area contributed by atoms with E-state index in [2.05, 4.69) is 15.5 Å². The summed E-state index contributed by atoms with van der Waals surface area (Å²) in [5.41, 5.74) is 8.62. The lowest BCUT2D eigenvalue weighted by Crippen LogP contribution is -2.19. The van der Waals surface area contributed by atoms with Crippen molar-refractivity contribution in [3.05, 3.63) is 35.5 Å². The van der Waals surface area contributed by atoms with Crippen molar-refractivity contribution in [3.8, 4) is 0 Å². The van der Waals surface area contributed by atoms with Crippen LogP contribution in [0.5, 0.6) is 0 Å². The van der Waals surface area contributed by atoms with Crippen molar-refractivity contribution in [1.82, 2.24) is 10.2 Å². The van der Waals surface area contributed by atoms with Crippen LogP contribution in [0.1, 0.15) is 23.0 Å². The topological polar surface area (TPSA) is 87.0 Å². The number of nitrogens with one attached hydrogen (secondary N) is 2. The molecule has 0 saturated heterocycles. The van der Waals surface area contributed by atoms with E-state index in [1.165, 1.54) is 0 Å². The average Bonchev–Trinajstić information content (AvgIpc) is 2.85. The number of nitrogen functional groups attached to an aromatic ring is 1. The summed E-state index contributed by atoms with van der Waals surface area (Å²) in [7, 11) is 3.76. The summed E-state index contributed by atoms with van der Waals surface area (Å²) < 4.78 is 0. The van der Waals surface area contributed by atoms with E-state index in [0.717, 1.165) is 17.8 Å². The molecule has 0 atom stereocenters. The highest BCUT2D eigenvalue weighted by molar-refractivity contribution is 6.08. The van der Waals surface area contributed by atoms with Crippen molar-refractivity contribution in [2.24, 2.45) is 0 Å². The number of amides is 1. The maximum Gasteiger partial charge on any atom is 0.259 e. The Labute approximate surface area is 118 Å². The van der Waals surface area contributed by atoms with Crippen molar-refractivity contribution in [2.75, 3.05) is 30.0 Å². The van der Waals surface area contributed by atoms with Gasteiger partial charge in [-0.2, -0.15) is 5.10 Å². The molecule has 20 heavy (non-hydrogen) atoms. The zero-order valence-electron chi connectivity index (χ0n) is 11.9. The van der Waals surface area contributed by atoms with Gasteiger partial charge in [-0.1, -0.05) is 6.92 Å². The first-order valence-corrected chi connectivity index (χ1v) is 6.43. The predicted octanol–water partition coefficient (Wildman–Crippen LogP) is 1.87. The number of hydrogen-bond acceptors (Lipinski definition) is 4. The second kappa shape index (κ2) is 5.64. The fourth-order valence-electron chi connectivity index (χ4n) is 1.92. The number of aryl methyl sites for hydroxylation is 1. The van der Waals surface area contributed by atoms with Crippen LogP contribution < -0.4 is 16.0 Å². The number of H-pyrrole nitrogens is 1. The molecule has 0 bridgehead atoms. The fraction of sp³-hybridized carbons (Fsp3) is 0.286. The quantitative estimate of drug-likeness (QED) is 0.742. The third-order valence-corrected chi connectivity index (χ3v) is 3.00. The molecule has 2 aromatic rings. The Bertz CT molecular complexity index is 618. The number of nitrogens with zero attached hydrogens (tertiary/aromatic N) is 2. The van der Waals surface area contributed by atoms with Crippen LogP contribution in [-0.4, -0.2) is 30.2 Å². The van der Waals surface area contributed by atoms with Gasteiger partial charge in [0.2, 0.25) is 0 Å². The second-order valence-corrected chi connectivity index (χ2v) is 4.76. The number of hydrogen-bond donors (Lipinski definition) is 3. The zero-order chi connectivity index (χ0) is 14.7. The van der Waals surface area contributed by atoms with E-state index in [9.17, 15) is 4.79 Å². The van der Waals surface area contributed by atoms with Crippen LogP contribution in [0.4, 0.5) is 17.2 Å². The molecule has 4 N–H and O–H groups in total. The standard InChI is InChI=1S/C14H19N5O/c1-4-10-8-13(18-17-10)16-14(20)11-7-9(15)5-6-12(11)19(2)3/h5-8H,4,15H2,1-3H3,(H2,16,17,18,20). The van der Waals surface area contributed by atoms with Crippen molar-refractivity contribution >= 4 is 23.1 Å². The molecule has 0 saturated carbocycles. The molecule has 2 rings (SSSR count). The Morgan fingerprint density at radius 2 is 2.15 bits per heavy atom. The molecule has 0 aliphatic carbocycles. The van der Waals surface area contributed by atoms with E-state index >= 15 is 0 Å². The number of anilines is 3. The largest absolute Gasteiger partial charge is 0.399 e. The van der Waals surface area contributed by atoms with E-state index in [0.29, 0.717) is 17.1 Å². The predicted molar refractivity (Wildman–Crippen MR) is 81.1 cm³/mol. The summed E-state index contributed by atoms with van der Waals surface area (Å²) >= 11 is 0. The molecule has 1 amide bonds. The van der Waals surface area contributed by atoms with E-state index in [1.807, 2.05) is 38.1 Å². The maximum atomic E-state index is 12.3. The van der Waals surface area contributed by atoms with Gasteiger partial charge < -0.3 is 16.0 Å². The van der Waals surface area contributed by atoms with Gasteiger partial charge in [0.05, 0.1) is 5.56 Å². The molecule has 6 heteroatoms. The lowest BCUT2D eigenvalue weighted by atomic mass is 10.1. The van der Waals surface area contributed by atoms with Crippen LogP contribution in [-0.2, 0) is 6.42 Å². The van der Waals surface area contributed by atoms with Crippen molar-refractivity contribution in [1.29, 1.82) is 0 Å². The second-order valence-electron chi connectivity index (χ2n) is 4.76. The highest BCUT2D eigenvalue weighted by Crippen LogP contribution is 2.22. The number of benzene rings is 1. The molecule has 106 valence electrons. The molecule has 0 unspecified atom stereocenters. The molecule has 0 fully saturated rings. The molecular weight excluding hydrogens is 254 g/mol. The van der Waals surface area contributed by atoms with Crippen LogP contribution >= 0.6 is 0 Å². The number of nitrogens with two attached hydrogens (primary N) is 1. The van der Waals surface area contributed by atoms with Gasteiger partial charge in [-0.15, -0.1) is 0 Å². The lowest BCUT2D eigenvalue weighted by molar-refractivity contribution is 0.102. The van der Waals surface area contributed by atoms with Gasteiger partial charge in [0, 0.05) is 37.2 Å². The number of carbonyl (C=O) groups is 1. The van der Waals surface area contributed by atoms with Gasteiger partial charge in [0.1, 0.15) is 0 Å². The van der Waals surface area contributed by atoms with Crippen LogP contribution in [0.25, 0.3) is 0 Å². The smallest absolute Gasteiger partial charge is 0.259 e. The summed E-state index contributed by atoms with van der Waals surface area (Å²) in [6.07, 6.45) is 0.837. The summed E-state index contributed by atoms with van der Waals surface area (Å²) in [6.45, 7) is 2.02. The number of rotatable bonds is 4. The summed E-state index contributed by atoms with van der Waals surface area (Å²) in [5.74, 6) is 0.286. The number of carbonyl (C=O) groups excluding carboxylic acids is 1. The molecule has 0 aliphatic heterocycles. The van der Waals surface area contributed by atoms with Gasteiger partial charge in [-0.05, 0) is 24.6 Å². The zero-order valence-corrected chi connectivity index (χ0v) is 11.9. The molecule has 0 aliphatic rings. The first kappa shape index (κ1) is 13.9.